The van der Waals surface area contributed by atoms with Crippen molar-refractivity contribution in [3.8, 4) is 0 Å². The number of benzene rings is 2. The molecule has 0 saturated heterocycles. The molecule has 0 aliphatic carbocycles. The van der Waals surface area contributed by atoms with E-state index in [0.29, 0.717) is 21.3 Å². The third-order valence-corrected chi connectivity index (χ3v) is 4.40. The lowest BCUT2D eigenvalue weighted by Crippen LogP contribution is -2.17. The van der Waals surface area contributed by atoms with Crippen molar-refractivity contribution in [3.05, 3.63) is 56.5 Å². The van der Waals surface area contributed by atoms with Crippen molar-refractivity contribution in [3.63, 3.8) is 0 Å². The molecule has 3 nitrogen and oxygen atoms in total. The van der Waals surface area contributed by atoms with Gasteiger partial charge in [-0.2, -0.15) is 0 Å². The molecule has 0 heterocycles. The maximum absolute atomic E-state index is 12.3. The molecule has 0 spiro atoms. The molecule has 2 rings (SSSR count). The first-order valence-electron chi connectivity index (χ1n) is 6.12. The van der Waals surface area contributed by atoms with Crippen molar-refractivity contribution in [2.24, 2.45) is 0 Å². The Kier molecular flexibility index (Phi) is 5.14. The van der Waals surface area contributed by atoms with Gasteiger partial charge in [0.2, 0.25) is 0 Å². The van der Waals surface area contributed by atoms with Gasteiger partial charge in [-0.1, -0.05) is 29.3 Å². The van der Waals surface area contributed by atoms with Crippen LogP contribution in [-0.2, 0) is 0 Å². The molecule has 2 aromatic carbocycles. The average molecular weight is 388 g/mol. The van der Waals surface area contributed by atoms with E-state index in [1.807, 2.05) is 19.0 Å². The number of anilines is 2. The Morgan fingerprint density at radius 1 is 1.14 bits per heavy atom. The van der Waals surface area contributed by atoms with Crippen LogP contribution in [0.25, 0.3) is 0 Å². The molecular formula is C15H13BrCl2N2O. The largest absolute Gasteiger partial charge is 0.375 e. The van der Waals surface area contributed by atoms with Crippen LogP contribution in [0.15, 0.2) is 40.9 Å². The molecular weight excluding hydrogens is 375 g/mol. The summed E-state index contributed by atoms with van der Waals surface area (Å²) in [6.07, 6.45) is 0. The molecule has 0 bridgehead atoms. The van der Waals surface area contributed by atoms with E-state index in [9.17, 15) is 4.79 Å². The minimum absolute atomic E-state index is 0.241. The van der Waals surface area contributed by atoms with E-state index >= 15 is 0 Å². The average Bonchev–Trinajstić information content (AvgIpc) is 2.41. The van der Waals surface area contributed by atoms with Gasteiger partial charge in [-0.3, -0.25) is 4.79 Å². The Hall–Kier alpha value is -1.23. The lowest BCUT2D eigenvalue weighted by Gasteiger charge is -2.19. The number of para-hydroxylation sites is 1. The Morgan fingerprint density at radius 3 is 2.48 bits per heavy atom. The molecule has 0 unspecified atom stereocenters. The molecule has 0 radical (unpaired) electrons. The minimum atomic E-state index is -0.241. The minimum Gasteiger partial charge on any atom is -0.375 e. The molecule has 0 fully saturated rings. The van der Waals surface area contributed by atoms with E-state index in [4.69, 9.17) is 23.2 Å². The summed E-state index contributed by atoms with van der Waals surface area (Å²) in [4.78, 5) is 14.2. The van der Waals surface area contributed by atoms with Gasteiger partial charge in [0.15, 0.2) is 0 Å². The maximum Gasteiger partial charge on any atom is 0.255 e. The highest BCUT2D eigenvalue weighted by atomic mass is 79.9. The van der Waals surface area contributed by atoms with E-state index in [-0.39, 0.29) is 5.91 Å². The second-order valence-electron chi connectivity index (χ2n) is 4.61. The number of hydrogen-bond acceptors (Lipinski definition) is 2. The highest BCUT2D eigenvalue weighted by Gasteiger charge is 2.13. The van der Waals surface area contributed by atoms with Crippen molar-refractivity contribution in [2.45, 2.75) is 0 Å². The molecule has 2 aromatic rings. The van der Waals surface area contributed by atoms with Crippen LogP contribution in [-0.4, -0.2) is 20.0 Å². The Balaban J connectivity index is 2.31. The second kappa shape index (κ2) is 6.69. The van der Waals surface area contributed by atoms with Crippen LogP contribution in [0, 0.1) is 0 Å². The van der Waals surface area contributed by atoms with Gasteiger partial charge in [-0.25, -0.2) is 0 Å². The summed E-state index contributed by atoms with van der Waals surface area (Å²) in [5.41, 5.74) is 1.89. The number of amides is 1. The Bertz CT molecular complexity index is 689. The predicted molar refractivity (Wildman–Crippen MR) is 92.9 cm³/mol. The Morgan fingerprint density at radius 2 is 1.86 bits per heavy atom. The molecule has 0 saturated carbocycles. The summed E-state index contributed by atoms with van der Waals surface area (Å²) in [6.45, 7) is 0. The summed E-state index contributed by atoms with van der Waals surface area (Å²) >= 11 is 15.5. The molecule has 21 heavy (non-hydrogen) atoms. The van der Waals surface area contributed by atoms with Crippen molar-refractivity contribution >= 4 is 56.4 Å². The molecule has 0 aliphatic heterocycles. The predicted octanol–water partition coefficient (Wildman–Crippen LogP) is 5.07. The Labute approximate surface area is 142 Å². The fourth-order valence-electron chi connectivity index (χ4n) is 1.90. The molecule has 1 N–H and O–H groups in total. The van der Waals surface area contributed by atoms with E-state index in [2.05, 4.69) is 21.2 Å². The van der Waals surface area contributed by atoms with Gasteiger partial charge in [0.1, 0.15) is 0 Å². The number of nitrogens with zero attached hydrogens (tertiary/aromatic N) is 1. The van der Waals surface area contributed by atoms with Gasteiger partial charge in [-0.15, -0.1) is 0 Å². The number of hydrogen-bond donors (Lipinski definition) is 1. The summed E-state index contributed by atoms with van der Waals surface area (Å²) < 4.78 is 0.748. The van der Waals surface area contributed by atoms with E-state index < -0.39 is 0 Å². The van der Waals surface area contributed by atoms with Gasteiger partial charge < -0.3 is 10.2 Å². The summed E-state index contributed by atoms with van der Waals surface area (Å²) in [5.74, 6) is -0.241. The fraction of sp³-hybridized carbons (Fsp3) is 0.133. The molecule has 0 aliphatic rings. The summed E-state index contributed by atoms with van der Waals surface area (Å²) in [7, 11) is 3.74. The van der Waals surface area contributed by atoms with Gasteiger partial charge >= 0.3 is 0 Å². The first-order valence-corrected chi connectivity index (χ1v) is 7.67. The van der Waals surface area contributed by atoms with Crippen LogP contribution in [0.2, 0.25) is 10.0 Å². The summed E-state index contributed by atoms with van der Waals surface area (Å²) in [5, 5.41) is 3.92. The van der Waals surface area contributed by atoms with Crippen LogP contribution in [0.4, 0.5) is 11.4 Å². The number of rotatable bonds is 3. The summed E-state index contributed by atoms with van der Waals surface area (Å²) in [6, 6.07) is 10.4. The van der Waals surface area contributed by atoms with E-state index in [0.717, 1.165) is 10.2 Å². The zero-order chi connectivity index (χ0) is 15.6. The van der Waals surface area contributed by atoms with E-state index in [1.54, 1.807) is 36.4 Å². The number of nitrogens with one attached hydrogen (secondary N) is 1. The van der Waals surface area contributed by atoms with Crippen molar-refractivity contribution in [1.82, 2.24) is 0 Å². The smallest absolute Gasteiger partial charge is 0.255 e. The zero-order valence-corrected chi connectivity index (χ0v) is 14.6. The zero-order valence-electron chi connectivity index (χ0n) is 11.5. The number of carbonyl (C=O) groups excluding carboxylic acids is 1. The fourth-order valence-corrected chi connectivity index (χ4v) is 2.67. The molecule has 1 amide bonds. The number of halogens is 3. The van der Waals surface area contributed by atoms with Gasteiger partial charge in [0.05, 0.1) is 21.4 Å². The normalized spacial score (nSPS) is 10.3. The topological polar surface area (TPSA) is 32.3 Å². The van der Waals surface area contributed by atoms with Crippen molar-refractivity contribution in [2.75, 3.05) is 24.3 Å². The third kappa shape index (κ3) is 3.70. The highest BCUT2D eigenvalue weighted by molar-refractivity contribution is 9.10. The van der Waals surface area contributed by atoms with Crippen LogP contribution < -0.4 is 10.2 Å². The van der Waals surface area contributed by atoms with Crippen molar-refractivity contribution in [1.29, 1.82) is 0 Å². The maximum atomic E-state index is 12.3. The van der Waals surface area contributed by atoms with Crippen LogP contribution >= 0.6 is 39.1 Å². The highest BCUT2D eigenvalue weighted by Crippen LogP contribution is 2.33. The first-order chi connectivity index (χ1) is 9.90. The standard InChI is InChI=1S/C15H13BrCl2N2O/c1-20(2)14-11(17)4-3-5-13(14)19-15(21)9-6-7-10(16)12(18)8-9/h3-8H,1-2H3,(H,19,21). The lowest BCUT2D eigenvalue weighted by atomic mass is 10.2. The second-order valence-corrected chi connectivity index (χ2v) is 6.28. The van der Waals surface area contributed by atoms with Gasteiger partial charge in [0, 0.05) is 24.1 Å². The monoisotopic (exact) mass is 386 g/mol. The van der Waals surface area contributed by atoms with Crippen molar-refractivity contribution < 1.29 is 4.79 Å². The van der Waals surface area contributed by atoms with Gasteiger partial charge in [0.25, 0.3) is 5.91 Å². The van der Waals surface area contributed by atoms with Crippen LogP contribution in [0.5, 0.6) is 0 Å². The van der Waals surface area contributed by atoms with E-state index in [1.165, 1.54) is 0 Å². The quantitative estimate of drug-likeness (QED) is 0.796. The number of carbonyl (C=O) groups is 1. The van der Waals surface area contributed by atoms with Gasteiger partial charge in [-0.05, 0) is 46.3 Å². The molecule has 0 atom stereocenters. The SMILES string of the molecule is CN(C)c1c(Cl)cccc1NC(=O)c1ccc(Br)c(Cl)c1. The van der Waals surface area contributed by atoms with Crippen LogP contribution in [0.1, 0.15) is 10.4 Å². The lowest BCUT2D eigenvalue weighted by molar-refractivity contribution is 0.102. The third-order valence-electron chi connectivity index (χ3n) is 2.86. The first kappa shape index (κ1) is 16.1. The molecule has 110 valence electrons. The van der Waals surface area contributed by atoms with Crippen LogP contribution in [0.3, 0.4) is 0 Å². The molecule has 6 heteroatoms. The molecule has 0 aromatic heterocycles.